The van der Waals surface area contributed by atoms with Crippen LogP contribution >= 0.6 is 0 Å². The summed E-state index contributed by atoms with van der Waals surface area (Å²) >= 11 is 0. The van der Waals surface area contributed by atoms with Crippen molar-refractivity contribution < 1.29 is 9.59 Å². The van der Waals surface area contributed by atoms with Crippen molar-refractivity contribution in [2.45, 2.75) is 20.8 Å². The van der Waals surface area contributed by atoms with Crippen LogP contribution < -0.4 is 10.2 Å². The van der Waals surface area contributed by atoms with Gasteiger partial charge < -0.3 is 15.1 Å². The smallest absolute Gasteiger partial charge is 0.253 e. The van der Waals surface area contributed by atoms with E-state index in [2.05, 4.69) is 10.2 Å². The molecule has 0 unspecified atom stereocenters. The summed E-state index contributed by atoms with van der Waals surface area (Å²) in [6.07, 6.45) is 0. The highest BCUT2D eigenvalue weighted by atomic mass is 16.2. The van der Waals surface area contributed by atoms with Crippen LogP contribution in [0.1, 0.15) is 29.8 Å². The van der Waals surface area contributed by atoms with Crippen LogP contribution in [-0.2, 0) is 4.79 Å². The topological polar surface area (TPSA) is 52.7 Å². The van der Waals surface area contributed by atoms with Crippen molar-refractivity contribution in [3.63, 3.8) is 0 Å². The molecule has 3 rings (SSSR count). The Labute approximate surface area is 161 Å². The van der Waals surface area contributed by atoms with Crippen molar-refractivity contribution in [2.75, 3.05) is 36.4 Å². The summed E-state index contributed by atoms with van der Waals surface area (Å²) < 4.78 is 0. The predicted molar refractivity (Wildman–Crippen MR) is 109 cm³/mol. The van der Waals surface area contributed by atoms with E-state index in [0.29, 0.717) is 13.1 Å². The van der Waals surface area contributed by atoms with Crippen LogP contribution in [0.4, 0.5) is 11.4 Å². The number of anilines is 2. The summed E-state index contributed by atoms with van der Waals surface area (Å²) in [5.74, 6) is 0.0798. The highest BCUT2D eigenvalue weighted by Gasteiger charge is 2.22. The molecule has 1 fully saturated rings. The molecule has 0 aromatic heterocycles. The average Bonchev–Trinajstić information content (AvgIpc) is 2.69. The van der Waals surface area contributed by atoms with E-state index in [1.165, 1.54) is 0 Å². The second kappa shape index (κ2) is 8.25. The minimum atomic E-state index is -0.0381. The number of nitrogens with one attached hydrogen (secondary N) is 1. The second-order valence-electron chi connectivity index (χ2n) is 7.34. The fraction of sp³-hybridized carbons (Fsp3) is 0.364. The molecule has 0 bridgehead atoms. The quantitative estimate of drug-likeness (QED) is 0.901. The fourth-order valence-corrected chi connectivity index (χ4v) is 3.09. The molecule has 1 saturated heterocycles. The summed E-state index contributed by atoms with van der Waals surface area (Å²) in [6, 6.07) is 15.6. The molecule has 0 aliphatic carbocycles. The molecule has 2 aromatic rings. The van der Waals surface area contributed by atoms with E-state index in [0.717, 1.165) is 35.6 Å². The van der Waals surface area contributed by atoms with Crippen LogP contribution in [0.5, 0.6) is 0 Å². The Morgan fingerprint density at radius 2 is 1.48 bits per heavy atom. The lowest BCUT2D eigenvalue weighted by atomic mass is 10.1. The van der Waals surface area contributed by atoms with Crippen LogP contribution in [0.2, 0.25) is 0 Å². The molecule has 0 saturated carbocycles. The van der Waals surface area contributed by atoms with Gasteiger partial charge in [-0.1, -0.05) is 31.5 Å². The third-order valence-electron chi connectivity index (χ3n) is 4.89. The lowest BCUT2D eigenvalue weighted by molar-refractivity contribution is -0.118. The normalized spacial score (nSPS) is 14.4. The Morgan fingerprint density at radius 1 is 0.889 bits per heavy atom. The first-order valence-corrected chi connectivity index (χ1v) is 9.46. The Bertz CT molecular complexity index is 789. The van der Waals surface area contributed by atoms with Crippen LogP contribution in [0.15, 0.2) is 48.5 Å². The summed E-state index contributed by atoms with van der Waals surface area (Å²) in [7, 11) is 0. The van der Waals surface area contributed by atoms with Crippen molar-refractivity contribution >= 4 is 23.2 Å². The lowest BCUT2D eigenvalue weighted by Crippen LogP contribution is -2.48. The predicted octanol–water partition coefficient (Wildman–Crippen LogP) is 3.55. The molecule has 2 amide bonds. The van der Waals surface area contributed by atoms with Gasteiger partial charge in [-0.2, -0.15) is 0 Å². The van der Waals surface area contributed by atoms with Gasteiger partial charge in [-0.25, -0.2) is 0 Å². The third kappa shape index (κ3) is 4.67. The highest BCUT2D eigenvalue weighted by Crippen LogP contribution is 2.20. The number of rotatable bonds is 4. The molecule has 1 aliphatic heterocycles. The SMILES string of the molecule is Cc1ccc(C(=O)N2CCN(c3ccc(NC(=O)C(C)C)cc3)CC2)cc1. The van der Waals surface area contributed by atoms with E-state index in [4.69, 9.17) is 0 Å². The molecule has 1 N–H and O–H groups in total. The summed E-state index contributed by atoms with van der Waals surface area (Å²) in [5, 5.41) is 2.91. The van der Waals surface area contributed by atoms with Gasteiger partial charge in [-0.05, 0) is 43.3 Å². The van der Waals surface area contributed by atoms with Crippen LogP contribution in [-0.4, -0.2) is 42.9 Å². The number of benzene rings is 2. The van der Waals surface area contributed by atoms with Crippen molar-refractivity contribution in [2.24, 2.45) is 5.92 Å². The van der Waals surface area contributed by atoms with Gasteiger partial charge in [0, 0.05) is 49.0 Å². The summed E-state index contributed by atoms with van der Waals surface area (Å²) in [5.41, 5.74) is 3.83. The van der Waals surface area contributed by atoms with Crippen molar-refractivity contribution in [3.05, 3.63) is 59.7 Å². The molecule has 1 aliphatic rings. The van der Waals surface area contributed by atoms with E-state index in [9.17, 15) is 9.59 Å². The van der Waals surface area contributed by atoms with Crippen LogP contribution in [0, 0.1) is 12.8 Å². The number of piperazine rings is 1. The molecule has 2 aromatic carbocycles. The molecule has 0 atom stereocenters. The number of nitrogens with zero attached hydrogens (tertiary/aromatic N) is 2. The Kier molecular flexibility index (Phi) is 5.79. The van der Waals surface area contributed by atoms with Gasteiger partial charge >= 0.3 is 0 Å². The van der Waals surface area contributed by atoms with E-state index in [-0.39, 0.29) is 17.7 Å². The Balaban J connectivity index is 1.56. The van der Waals surface area contributed by atoms with Gasteiger partial charge in [-0.15, -0.1) is 0 Å². The van der Waals surface area contributed by atoms with E-state index in [1.807, 2.05) is 74.2 Å². The molecule has 27 heavy (non-hydrogen) atoms. The van der Waals surface area contributed by atoms with E-state index in [1.54, 1.807) is 0 Å². The zero-order chi connectivity index (χ0) is 19.4. The maximum atomic E-state index is 12.6. The Hall–Kier alpha value is -2.82. The minimum Gasteiger partial charge on any atom is -0.368 e. The molecule has 0 spiro atoms. The molecule has 1 heterocycles. The standard InChI is InChI=1S/C22H27N3O2/c1-16(2)21(26)23-19-8-10-20(11-9-19)24-12-14-25(15-13-24)22(27)18-6-4-17(3)5-7-18/h4-11,16H,12-15H2,1-3H3,(H,23,26). The number of hydrogen-bond acceptors (Lipinski definition) is 3. The summed E-state index contributed by atoms with van der Waals surface area (Å²) in [6.45, 7) is 8.79. The minimum absolute atomic E-state index is 0.0194. The molecular weight excluding hydrogens is 338 g/mol. The average molecular weight is 365 g/mol. The van der Waals surface area contributed by atoms with Crippen LogP contribution in [0.25, 0.3) is 0 Å². The van der Waals surface area contributed by atoms with Gasteiger partial charge in [0.25, 0.3) is 5.91 Å². The first kappa shape index (κ1) is 19.0. The molecule has 5 heteroatoms. The number of amides is 2. The second-order valence-corrected chi connectivity index (χ2v) is 7.34. The molecule has 0 radical (unpaired) electrons. The zero-order valence-electron chi connectivity index (χ0n) is 16.2. The van der Waals surface area contributed by atoms with Crippen molar-refractivity contribution in [3.8, 4) is 0 Å². The number of aryl methyl sites for hydroxylation is 1. The maximum absolute atomic E-state index is 12.6. The van der Waals surface area contributed by atoms with Gasteiger partial charge in [0.05, 0.1) is 0 Å². The number of carbonyl (C=O) groups is 2. The van der Waals surface area contributed by atoms with Crippen molar-refractivity contribution in [1.29, 1.82) is 0 Å². The zero-order valence-corrected chi connectivity index (χ0v) is 16.2. The maximum Gasteiger partial charge on any atom is 0.253 e. The summed E-state index contributed by atoms with van der Waals surface area (Å²) in [4.78, 5) is 28.6. The first-order valence-electron chi connectivity index (χ1n) is 9.46. The molecule has 5 nitrogen and oxygen atoms in total. The first-order chi connectivity index (χ1) is 12.9. The number of carbonyl (C=O) groups excluding carboxylic acids is 2. The Morgan fingerprint density at radius 3 is 2.04 bits per heavy atom. The fourth-order valence-electron chi connectivity index (χ4n) is 3.09. The van der Waals surface area contributed by atoms with E-state index >= 15 is 0 Å². The molecule has 142 valence electrons. The highest BCUT2D eigenvalue weighted by molar-refractivity contribution is 5.94. The van der Waals surface area contributed by atoms with Gasteiger partial charge in [0.15, 0.2) is 0 Å². The van der Waals surface area contributed by atoms with E-state index < -0.39 is 0 Å². The van der Waals surface area contributed by atoms with Crippen LogP contribution in [0.3, 0.4) is 0 Å². The molecular formula is C22H27N3O2. The van der Waals surface area contributed by atoms with Gasteiger partial charge in [0.1, 0.15) is 0 Å². The van der Waals surface area contributed by atoms with Gasteiger partial charge in [0.2, 0.25) is 5.91 Å². The van der Waals surface area contributed by atoms with Gasteiger partial charge in [-0.3, -0.25) is 9.59 Å². The third-order valence-corrected chi connectivity index (χ3v) is 4.89. The largest absolute Gasteiger partial charge is 0.368 e. The van der Waals surface area contributed by atoms with Crippen molar-refractivity contribution in [1.82, 2.24) is 4.90 Å². The number of hydrogen-bond donors (Lipinski definition) is 1. The lowest BCUT2D eigenvalue weighted by Gasteiger charge is -2.36. The monoisotopic (exact) mass is 365 g/mol.